The fraction of sp³-hybridized carbons (Fsp3) is 0.391. The molecule has 33 heavy (non-hydrogen) atoms. The van der Waals surface area contributed by atoms with Crippen LogP contribution in [-0.2, 0) is 22.4 Å². The predicted molar refractivity (Wildman–Crippen MR) is 125 cm³/mol. The number of esters is 1. The number of carbonyl (C=O) groups excluding carboxylic acids is 2. The molecule has 0 saturated heterocycles. The summed E-state index contributed by atoms with van der Waals surface area (Å²) in [6.07, 6.45) is 5.80. The van der Waals surface area contributed by atoms with Crippen molar-refractivity contribution in [2.45, 2.75) is 49.7 Å². The number of hydrogen-bond acceptors (Lipinski definition) is 7. The highest BCUT2D eigenvalue weighted by Crippen LogP contribution is 2.42. The lowest BCUT2D eigenvalue weighted by molar-refractivity contribution is -0.113. The Kier molecular flexibility index (Phi) is 6.20. The standard InChI is InChI=1S/C23H23FN4O3S2/c1-31-22(30)19-15-7-3-5-9-17(15)33-21(19)25-18(29)12-32-23-27-26-20(28(23)13-10-11-13)14-6-2-4-8-16(14)24/h2,4,6,8,13H,3,5,7,9-12H2,1H3,(H,25,29). The minimum atomic E-state index is -0.416. The summed E-state index contributed by atoms with van der Waals surface area (Å²) >= 11 is 2.72. The number of thiophene rings is 1. The number of carbonyl (C=O) groups is 2. The first-order valence-corrected chi connectivity index (χ1v) is 12.7. The lowest BCUT2D eigenvalue weighted by Gasteiger charge is -2.12. The van der Waals surface area contributed by atoms with Gasteiger partial charge in [-0.1, -0.05) is 23.9 Å². The van der Waals surface area contributed by atoms with E-state index >= 15 is 0 Å². The molecular weight excluding hydrogens is 463 g/mol. The maximum Gasteiger partial charge on any atom is 0.341 e. The molecule has 1 amide bonds. The number of aromatic nitrogens is 3. The van der Waals surface area contributed by atoms with E-state index in [9.17, 15) is 14.0 Å². The van der Waals surface area contributed by atoms with Gasteiger partial charge >= 0.3 is 5.97 Å². The fourth-order valence-corrected chi connectivity index (χ4v) is 6.23. The molecule has 2 aliphatic carbocycles. The Bertz CT molecular complexity index is 1220. The molecule has 2 aliphatic rings. The second-order valence-electron chi connectivity index (χ2n) is 8.13. The van der Waals surface area contributed by atoms with E-state index in [0.29, 0.717) is 27.1 Å². The number of thioether (sulfide) groups is 1. The molecule has 10 heteroatoms. The summed E-state index contributed by atoms with van der Waals surface area (Å²) < 4.78 is 21.3. The number of nitrogens with one attached hydrogen (secondary N) is 1. The average molecular weight is 487 g/mol. The number of ether oxygens (including phenoxy) is 1. The molecule has 0 atom stereocenters. The van der Waals surface area contributed by atoms with Gasteiger partial charge in [-0.05, 0) is 56.2 Å². The molecule has 0 bridgehead atoms. The van der Waals surface area contributed by atoms with Gasteiger partial charge in [0.15, 0.2) is 11.0 Å². The molecule has 1 saturated carbocycles. The number of aryl methyl sites for hydroxylation is 1. The van der Waals surface area contributed by atoms with E-state index in [1.807, 2.05) is 4.57 Å². The number of amides is 1. The molecule has 7 nitrogen and oxygen atoms in total. The summed E-state index contributed by atoms with van der Waals surface area (Å²) in [5, 5.41) is 12.5. The first-order chi connectivity index (χ1) is 16.1. The number of benzene rings is 1. The second kappa shape index (κ2) is 9.26. The van der Waals surface area contributed by atoms with Gasteiger partial charge in [0.25, 0.3) is 0 Å². The summed E-state index contributed by atoms with van der Waals surface area (Å²) in [7, 11) is 1.36. The second-order valence-corrected chi connectivity index (χ2v) is 10.2. The van der Waals surface area contributed by atoms with Crippen molar-refractivity contribution in [1.29, 1.82) is 0 Å². The smallest absolute Gasteiger partial charge is 0.341 e. The van der Waals surface area contributed by atoms with Gasteiger partial charge in [-0.25, -0.2) is 9.18 Å². The lowest BCUT2D eigenvalue weighted by Crippen LogP contribution is -2.17. The monoisotopic (exact) mass is 486 g/mol. The van der Waals surface area contributed by atoms with Gasteiger partial charge in [0, 0.05) is 10.9 Å². The van der Waals surface area contributed by atoms with Crippen LogP contribution in [0.1, 0.15) is 52.5 Å². The Morgan fingerprint density at radius 2 is 2.03 bits per heavy atom. The molecule has 3 aromatic rings. The summed E-state index contributed by atoms with van der Waals surface area (Å²) in [6, 6.07) is 6.72. The van der Waals surface area contributed by atoms with Crippen molar-refractivity contribution in [3.05, 3.63) is 46.1 Å². The topological polar surface area (TPSA) is 86.1 Å². The first kappa shape index (κ1) is 22.1. The van der Waals surface area contributed by atoms with Crippen molar-refractivity contribution in [2.75, 3.05) is 18.2 Å². The first-order valence-electron chi connectivity index (χ1n) is 10.9. The van der Waals surface area contributed by atoms with Gasteiger partial charge in [0.1, 0.15) is 10.8 Å². The number of fused-ring (bicyclic) bond motifs is 1. The summed E-state index contributed by atoms with van der Waals surface area (Å²) in [4.78, 5) is 26.3. The maximum absolute atomic E-state index is 14.3. The average Bonchev–Trinajstić information content (AvgIpc) is 3.47. The van der Waals surface area contributed by atoms with Crippen LogP contribution in [-0.4, -0.2) is 39.5 Å². The molecule has 5 rings (SSSR count). The zero-order valence-corrected chi connectivity index (χ0v) is 19.7. The normalized spacial score (nSPS) is 15.2. The van der Waals surface area contributed by atoms with Crippen LogP contribution in [0.2, 0.25) is 0 Å². The largest absolute Gasteiger partial charge is 0.465 e. The van der Waals surface area contributed by atoms with E-state index in [2.05, 4.69) is 15.5 Å². The van der Waals surface area contributed by atoms with Gasteiger partial charge < -0.3 is 10.1 Å². The molecule has 2 heterocycles. The molecule has 1 fully saturated rings. The van der Waals surface area contributed by atoms with Gasteiger partial charge in [-0.15, -0.1) is 21.5 Å². The van der Waals surface area contributed by atoms with Crippen LogP contribution in [0.5, 0.6) is 0 Å². The Morgan fingerprint density at radius 3 is 2.79 bits per heavy atom. The molecule has 172 valence electrons. The van der Waals surface area contributed by atoms with E-state index in [4.69, 9.17) is 4.74 Å². The summed E-state index contributed by atoms with van der Waals surface area (Å²) in [5.74, 6) is -0.414. The quantitative estimate of drug-likeness (QED) is 0.379. The van der Waals surface area contributed by atoms with E-state index in [1.54, 1.807) is 18.2 Å². The van der Waals surface area contributed by atoms with Crippen molar-refractivity contribution in [2.24, 2.45) is 0 Å². The minimum absolute atomic E-state index is 0.102. The Balaban J connectivity index is 1.33. The zero-order chi connectivity index (χ0) is 22.9. The highest BCUT2D eigenvalue weighted by molar-refractivity contribution is 7.99. The number of methoxy groups -OCH3 is 1. The van der Waals surface area contributed by atoms with Crippen LogP contribution >= 0.6 is 23.1 Å². The molecule has 0 unspecified atom stereocenters. The Morgan fingerprint density at radius 1 is 1.24 bits per heavy atom. The van der Waals surface area contributed by atoms with E-state index < -0.39 is 5.97 Å². The van der Waals surface area contributed by atoms with Gasteiger partial charge in [0.2, 0.25) is 5.91 Å². The van der Waals surface area contributed by atoms with E-state index in [-0.39, 0.29) is 23.5 Å². The van der Waals surface area contributed by atoms with Crippen LogP contribution < -0.4 is 5.32 Å². The molecule has 0 radical (unpaired) electrons. The van der Waals surface area contributed by atoms with Crippen molar-refractivity contribution >= 4 is 40.0 Å². The van der Waals surface area contributed by atoms with Gasteiger partial charge in [-0.2, -0.15) is 0 Å². The number of halogens is 1. The van der Waals surface area contributed by atoms with Gasteiger partial charge in [-0.3, -0.25) is 9.36 Å². The van der Waals surface area contributed by atoms with Crippen LogP contribution in [0.25, 0.3) is 11.4 Å². The minimum Gasteiger partial charge on any atom is -0.465 e. The van der Waals surface area contributed by atoms with E-state index in [0.717, 1.165) is 49.0 Å². The van der Waals surface area contributed by atoms with Crippen LogP contribution in [0.4, 0.5) is 9.39 Å². The third-order valence-electron chi connectivity index (χ3n) is 5.84. The third kappa shape index (κ3) is 4.41. The summed E-state index contributed by atoms with van der Waals surface area (Å²) in [5.41, 5.74) is 1.89. The van der Waals surface area contributed by atoms with Crippen molar-refractivity contribution in [3.8, 4) is 11.4 Å². The molecular formula is C23H23FN4O3S2. The fourth-order valence-electron chi connectivity index (χ4n) is 4.13. The van der Waals surface area contributed by atoms with Crippen molar-refractivity contribution in [1.82, 2.24) is 14.8 Å². The van der Waals surface area contributed by atoms with E-state index in [1.165, 1.54) is 36.3 Å². The highest BCUT2D eigenvalue weighted by Gasteiger charge is 2.31. The number of hydrogen-bond donors (Lipinski definition) is 1. The van der Waals surface area contributed by atoms with Crippen LogP contribution in [0.15, 0.2) is 29.4 Å². The van der Waals surface area contributed by atoms with Crippen molar-refractivity contribution in [3.63, 3.8) is 0 Å². The Labute approximate surface area is 198 Å². The molecule has 2 aromatic heterocycles. The summed E-state index contributed by atoms with van der Waals surface area (Å²) in [6.45, 7) is 0. The van der Waals surface area contributed by atoms with Crippen LogP contribution in [0.3, 0.4) is 0 Å². The zero-order valence-electron chi connectivity index (χ0n) is 18.1. The maximum atomic E-state index is 14.3. The highest BCUT2D eigenvalue weighted by atomic mass is 32.2. The van der Waals surface area contributed by atoms with Crippen LogP contribution in [0, 0.1) is 5.82 Å². The lowest BCUT2D eigenvalue weighted by atomic mass is 9.95. The number of nitrogens with zero attached hydrogens (tertiary/aromatic N) is 3. The van der Waals surface area contributed by atoms with Gasteiger partial charge in [0.05, 0.1) is 24.0 Å². The number of rotatable bonds is 7. The molecule has 0 spiro atoms. The molecule has 1 aromatic carbocycles. The Hall–Kier alpha value is -2.72. The number of anilines is 1. The third-order valence-corrected chi connectivity index (χ3v) is 7.99. The molecule has 0 aliphatic heterocycles. The predicted octanol–water partition coefficient (Wildman–Crippen LogP) is 4.88. The SMILES string of the molecule is COC(=O)c1c(NC(=O)CSc2nnc(-c3ccccc3F)n2C2CC2)sc2c1CCCC2. The van der Waals surface area contributed by atoms with Crippen molar-refractivity contribution < 1.29 is 18.7 Å². The molecule has 1 N–H and O–H groups in total.